The van der Waals surface area contributed by atoms with Gasteiger partial charge in [0.2, 0.25) is 5.91 Å². The fourth-order valence-electron chi connectivity index (χ4n) is 4.55. The molecule has 0 spiro atoms. The van der Waals surface area contributed by atoms with Gasteiger partial charge >= 0.3 is 0 Å². The number of piperazine rings is 1. The standard InChI is InChI=1S/C27H25FN4O2/c1-17-11-18(2)13-19(12-17)15-31-9-10-32(16-25(31)34)27-22-14-20(28)7-8-23(22)29-26(30-27)21-5-3-4-6-24(21)33/h3-8,11-14,33H,9-10,15-16H2,1-2H3. The molecule has 0 unspecified atom stereocenters. The van der Waals surface area contributed by atoms with E-state index in [1.807, 2.05) is 9.80 Å². The molecule has 1 N–H and O–H groups in total. The quantitative estimate of drug-likeness (QED) is 0.486. The second-order valence-electron chi connectivity index (χ2n) is 8.78. The number of rotatable bonds is 4. The maximum absolute atomic E-state index is 14.1. The molecular weight excluding hydrogens is 431 g/mol. The van der Waals surface area contributed by atoms with Crippen molar-refractivity contribution in [2.75, 3.05) is 24.5 Å². The number of carbonyl (C=O) groups excluding carboxylic acids is 1. The molecule has 1 saturated heterocycles. The van der Waals surface area contributed by atoms with Crippen molar-refractivity contribution in [1.82, 2.24) is 14.9 Å². The van der Waals surface area contributed by atoms with Gasteiger partial charge in [0.05, 0.1) is 17.6 Å². The van der Waals surface area contributed by atoms with Gasteiger partial charge in [0.15, 0.2) is 5.82 Å². The van der Waals surface area contributed by atoms with Gasteiger partial charge in [-0.25, -0.2) is 14.4 Å². The number of aryl methyl sites for hydroxylation is 2. The summed E-state index contributed by atoms with van der Waals surface area (Å²) in [7, 11) is 0. The highest BCUT2D eigenvalue weighted by molar-refractivity contribution is 5.93. The maximum atomic E-state index is 14.1. The summed E-state index contributed by atoms with van der Waals surface area (Å²) in [6.07, 6.45) is 0. The summed E-state index contributed by atoms with van der Waals surface area (Å²) < 4.78 is 14.1. The Morgan fingerprint density at radius 1 is 0.971 bits per heavy atom. The predicted octanol–water partition coefficient (Wildman–Crippen LogP) is 4.61. The van der Waals surface area contributed by atoms with Crippen LogP contribution in [0.1, 0.15) is 16.7 Å². The molecule has 1 amide bonds. The van der Waals surface area contributed by atoms with Gasteiger partial charge in [-0.05, 0) is 49.7 Å². The van der Waals surface area contributed by atoms with E-state index >= 15 is 0 Å². The van der Waals surface area contributed by atoms with E-state index in [-0.39, 0.29) is 18.2 Å². The van der Waals surface area contributed by atoms with Crippen molar-refractivity contribution in [3.8, 4) is 17.1 Å². The highest BCUT2D eigenvalue weighted by Crippen LogP contribution is 2.32. The molecule has 34 heavy (non-hydrogen) atoms. The average molecular weight is 457 g/mol. The second kappa shape index (κ2) is 8.74. The molecule has 1 aliphatic heterocycles. The summed E-state index contributed by atoms with van der Waals surface area (Å²) in [4.78, 5) is 26.0. The molecule has 7 heteroatoms. The molecule has 1 aromatic heterocycles. The Morgan fingerprint density at radius 3 is 2.47 bits per heavy atom. The molecule has 0 saturated carbocycles. The van der Waals surface area contributed by atoms with Crippen LogP contribution in [0.3, 0.4) is 0 Å². The summed E-state index contributed by atoms with van der Waals surface area (Å²) in [5.74, 6) is 0.467. The lowest BCUT2D eigenvalue weighted by atomic mass is 10.1. The molecule has 1 aliphatic rings. The fourth-order valence-corrected chi connectivity index (χ4v) is 4.55. The van der Waals surface area contributed by atoms with Gasteiger partial charge < -0.3 is 14.9 Å². The monoisotopic (exact) mass is 456 g/mol. The molecule has 0 bridgehead atoms. The smallest absolute Gasteiger partial charge is 0.242 e. The highest BCUT2D eigenvalue weighted by atomic mass is 19.1. The van der Waals surface area contributed by atoms with Crippen molar-refractivity contribution >= 4 is 22.6 Å². The minimum Gasteiger partial charge on any atom is -0.507 e. The third kappa shape index (κ3) is 4.29. The number of aromatic hydroxyl groups is 1. The van der Waals surface area contributed by atoms with Crippen molar-refractivity contribution in [3.63, 3.8) is 0 Å². The van der Waals surface area contributed by atoms with Crippen LogP contribution >= 0.6 is 0 Å². The number of anilines is 1. The third-order valence-electron chi connectivity index (χ3n) is 6.06. The first-order valence-corrected chi connectivity index (χ1v) is 11.2. The van der Waals surface area contributed by atoms with Crippen LogP contribution in [0, 0.1) is 19.7 Å². The number of hydrogen-bond acceptors (Lipinski definition) is 5. The van der Waals surface area contributed by atoms with Gasteiger partial charge in [0.25, 0.3) is 0 Å². The van der Waals surface area contributed by atoms with Crippen LogP contribution < -0.4 is 4.90 Å². The van der Waals surface area contributed by atoms with E-state index in [2.05, 4.69) is 42.0 Å². The zero-order valence-electron chi connectivity index (χ0n) is 19.1. The minimum atomic E-state index is -0.396. The number of halogens is 1. The average Bonchev–Trinajstić information content (AvgIpc) is 2.79. The van der Waals surface area contributed by atoms with E-state index in [1.54, 1.807) is 30.3 Å². The summed E-state index contributed by atoms with van der Waals surface area (Å²) in [5.41, 5.74) is 4.49. The summed E-state index contributed by atoms with van der Waals surface area (Å²) in [5, 5.41) is 10.9. The number of phenols is 1. The van der Waals surface area contributed by atoms with Crippen LogP contribution in [0.5, 0.6) is 5.75 Å². The van der Waals surface area contributed by atoms with E-state index < -0.39 is 5.82 Å². The zero-order valence-corrected chi connectivity index (χ0v) is 19.1. The number of hydrogen-bond donors (Lipinski definition) is 1. The summed E-state index contributed by atoms with van der Waals surface area (Å²) in [6, 6.07) is 17.5. The zero-order chi connectivity index (χ0) is 23.8. The number of phenolic OH excluding ortho intramolecular Hbond substituents is 1. The number of aromatic nitrogens is 2. The summed E-state index contributed by atoms with van der Waals surface area (Å²) >= 11 is 0. The maximum Gasteiger partial charge on any atom is 0.242 e. The lowest BCUT2D eigenvalue weighted by molar-refractivity contribution is -0.131. The van der Waals surface area contributed by atoms with Crippen LogP contribution in [-0.4, -0.2) is 45.5 Å². The lowest BCUT2D eigenvalue weighted by Crippen LogP contribution is -2.50. The molecule has 0 atom stereocenters. The SMILES string of the molecule is Cc1cc(C)cc(CN2CCN(c3nc(-c4ccccc4O)nc4ccc(F)cc34)CC2=O)c1. The summed E-state index contributed by atoms with van der Waals surface area (Å²) in [6.45, 7) is 5.87. The van der Waals surface area contributed by atoms with Gasteiger partial charge in [0, 0.05) is 25.0 Å². The van der Waals surface area contributed by atoms with Crippen molar-refractivity contribution in [3.05, 3.63) is 83.2 Å². The van der Waals surface area contributed by atoms with Crippen LogP contribution in [0.15, 0.2) is 60.7 Å². The first kappa shape index (κ1) is 21.8. The molecule has 6 nitrogen and oxygen atoms in total. The van der Waals surface area contributed by atoms with E-state index in [1.165, 1.54) is 23.3 Å². The second-order valence-corrected chi connectivity index (χ2v) is 8.78. The van der Waals surface area contributed by atoms with Gasteiger partial charge in [-0.2, -0.15) is 0 Å². The van der Waals surface area contributed by atoms with E-state index in [9.17, 15) is 14.3 Å². The number of benzene rings is 3. The molecule has 2 heterocycles. The highest BCUT2D eigenvalue weighted by Gasteiger charge is 2.27. The van der Waals surface area contributed by atoms with E-state index in [0.29, 0.717) is 47.7 Å². The van der Waals surface area contributed by atoms with Gasteiger partial charge in [-0.1, -0.05) is 41.5 Å². The first-order valence-electron chi connectivity index (χ1n) is 11.2. The Hall–Kier alpha value is -4.00. The first-order chi connectivity index (χ1) is 16.4. The van der Waals surface area contributed by atoms with E-state index in [0.717, 1.165) is 5.56 Å². The molecule has 1 fully saturated rings. The number of amides is 1. The molecule has 3 aromatic carbocycles. The van der Waals surface area contributed by atoms with Crippen LogP contribution in [0.4, 0.5) is 10.2 Å². The Balaban J connectivity index is 1.47. The molecule has 4 aromatic rings. The molecular formula is C27H25FN4O2. The molecule has 172 valence electrons. The topological polar surface area (TPSA) is 69.6 Å². The number of nitrogens with zero attached hydrogens (tertiary/aromatic N) is 4. The molecule has 0 radical (unpaired) electrons. The molecule has 5 rings (SSSR count). The number of carbonyl (C=O) groups is 1. The van der Waals surface area contributed by atoms with Crippen molar-refractivity contribution in [2.45, 2.75) is 20.4 Å². The Labute approximate surface area is 197 Å². The van der Waals surface area contributed by atoms with Crippen molar-refractivity contribution in [2.24, 2.45) is 0 Å². The minimum absolute atomic E-state index is 0.0160. The van der Waals surface area contributed by atoms with Crippen LogP contribution in [0.25, 0.3) is 22.3 Å². The largest absolute Gasteiger partial charge is 0.507 e. The van der Waals surface area contributed by atoms with Crippen LogP contribution in [-0.2, 0) is 11.3 Å². The Morgan fingerprint density at radius 2 is 1.74 bits per heavy atom. The predicted molar refractivity (Wildman–Crippen MR) is 130 cm³/mol. The normalized spacial score (nSPS) is 14.1. The van der Waals surface area contributed by atoms with Gasteiger partial charge in [-0.3, -0.25) is 4.79 Å². The van der Waals surface area contributed by atoms with Gasteiger partial charge in [-0.15, -0.1) is 0 Å². The van der Waals surface area contributed by atoms with Crippen LogP contribution in [0.2, 0.25) is 0 Å². The Kier molecular flexibility index (Phi) is 5.61. The van der Waals surface area contributed by atoms with E-state index in [4.69, 9.17) is 0 Å². The number of para-hydroxylation sites is 1. The third-order valence-corrected chi connectivity index (χ3v) is 6.06. The number of fused-ring (bicyclic) bond motifs is 1. The van der Waals surface area contributed by atoms with Gasteiger partial charge in [0.1, 0.15) is 17.4 Å². The van der Waals surface area contributed by atoms with Crippen molar-refractivity contribution < 1.29 is 14.3 Å². The van der Waals surface area contributed by atoms with Crippen molar-refractivity contribution in [1.29, 1.82) is 0 Å². The Bertz CT molecular complexity index is 1380. The molecule has 0 aliphatic carbocycles. The lowest BCUT2D eigenvalue weighted by Gasteiger charge is -2.35. The fraction of sp³-hybridized carbons (Fsp3) is 0.222.